The molecule has 1 amide bonds. The summed E-state index contributed by atoms with van der Waals surface area (Å²) < 4.78 is 0. The van der Waals surface area contributed by atoms with Gasteiger partial charge in [0.15, 0.2) is 0 Å². The van der Waals surface area contributed by atoms with E-state index in [1.807, 2.05) is 55.5 Å². The van der Waals surface area contributed by atoms with Gasteiger partial charge in [0.1, 0.15) is 5.69 Å². The molecular weight excluding hydrogens is 310 g/mol. The summed E-state index contributed by atoms with van der Waals surface area (Å²) in [5.41, 5.74) is 2.89. The fourth-order valence-corrected chi connectivity index (χ4v) is 2.58. The Balaban J connectivity index is 1.75. The smallest absolute Gasteiger partial charge is 0.269 e. The fraction of sp³-hybridized carbons (Fsp3) is 0.111. The van der Waals surface area contributed by atoms with E-state index in [2.05, 4.69) is 15.5 Å². The van der Waals surface area contributed by atoms with Crippen LogP contribution in [-0.4, -0.2) is 16.1 Å². The van der Waals surface area contributed by atoms with Gasteiger partial charge in [-0.15, -0.1) is 0 Å². The Bertz CT molecular complexity index is 814. The first-order valence-corrected chi connectivity index (χ1v) is 7.69. The van der Waals surface area contributed by atoms with Gasteiger partial charge in [-0.2, -0.15) is 5.10 Å². The molecule has 0 radical (unpaired) electrons. The summed E-state index contributed by atoms with van der Waals surface area (Å²) in [5, 5.41) is 10.5. The molecular formula is C18H16ClN3O. The van der Waals surface area contributed by atoms with E-state index in [4.69, 9.17) is 11.6 Å². The highest BCUT2D eigenvalue weighted by molar-refractivity contribution is 6.33. The van der Waals surface area contributed by atoms with E-state index in [1.165, 1.54) is 0 Å². The quantitative estimate of drug-likeness (QED) is 0.754. The molecule has 0 aliphatic heterocycles. The maximum absolute atomic E-state index is 12.3. The molecule has 3 rings (SSSR count). The molecule has 1 heterocycles. The molecule has 4 nitrogen and oxygen atoms in total. The van der Waals surface area contributed by atoms with Gasteiger partial charge in [-0.05, 0) is 24.6 Å². The highest BCUT2D eigenvalue weighted by atomic mass is 35.5. The minimum Gasteiger partial charge on any atom is -0.344 e. The molecule has 1 atom stereocenters. The first-order valence-electron chi connectivity index (χ1n) is 7.31. The fourth-order valence-electron chi connectivity index (χ4n) is 2.34. The second-order valence-electron chi connectivity index (χ2n) is 5.25. The number of halogens is 1. The monoisotopic (exact) mass is 325 g/mol. The molecule has 0 bridgehead atoms. The molecule has 116 valence electrons. The molecule has 5 heteroatoms. The van der Waals surface area contributed by atoms with Crippen molar-refractivity contribution >= 4 is 17.5 Å². The largest absolute Gasteiger partial charge is 0.344 e. The number of aromatic amines is 1. The molecule has 0 aliphatic rings. The van der Waals surface area contributed by atoms with Crippen LogP contribution in [0, 0.1) is 0 Å². The zero-order valence-corrected chi connectivity index (χ0v) is 13.3. The van der Waals surface area contributed by atoms with E-state index in [1.54, 1.807) is 12.1 Å². The van der Waals surface area contributed by atoms with Crippen molar-refractivity contribution in [3.63, 3.8) is 0 Å². The van der Waals surface area contributed by atoms with Crippen molar-refractivity contribution in [1.29, 1.82) is 0 Å². The van der Waals surface area contributed by atoms with Gasteiger partial charge in [-0.25, -0.2) is 0 Å². The van der Waals surface area contributed by atoms with Gasteiger partial charge in [0.25, 0.3) is 5.91 Å². The number of hydrogen-bond acceptors (Lipinski definition) is 2. The molecule has 1 aromatic heterocycles. The Morgan fingerprint density at radius 3 is 2.57 bits per heavy atom. The summed E-state index contributed by atoms with van der Waals surface area (Å²) >= 11 is 6.16. The lowest BCUT2D eigenvalue weighted by atomic mass is 10.1. The lowest BCUT2D eigenvalue weighted by molar-refractivity contribution is 0.0935. The molecule has 0 aliphatic carbocycles. The van der Waals surface area contributed by atoms with Crippen molar-refractivity contribution < 1.29 is 4.79 Å². The predicted molar refractivity (Wildman–Crippen MR) is 91.4 cm³/mol. The molecule has 1 unspecified atom stereocenters. The number of nitrogens with one attached hydrogen (secondary N) is 2. The molecule has 0 saturated carbocycles. The Morgan fingerprint density at radius 2 is 1.83 bits per heavy atom. The Morgan fingerprint density at radius 1 is 1.13 bits per heavy atom. The van der Waals surface area contributed by atoms with Crippen LogP contribution in [0.5, 0.6) is 0 Å². The Labute approximate surface area is 139 Å². The average molecular weight is 326 g/mol. The third-order valence-corrected chi connectivity index (χ3v) is 3.95. The van der Waals surface area contributed by atoms with E-state index >= 15 is 0 Å². The molecule has 2 N–H and O–H groups in total. The van der Waals surface area contributed by atoms with Crippen LogP contribution >= 0.6 is 11.6 Å². The predicted octanol–water partition coefficient (Wildman–Crippen LogP) is 4.22. The molecule has 0 saturated heterocycles. The van der Waals surface area contributed by atoms with Crippen LogP contribution < -0.4 is 5.32 Å². The number of aromatic nitrogens is 2. The lowest BCUT2D eigenvalue weighted by Gasteiger charge is -2.13. The number of rotatable bonds is 4. The van der Waals surface area contributed by atoms with Crippen molar-refractivity contribution in [3.8, 4) is 11.3 Å². The van der Waals surface area contributed by atoms with Crippen LogP contribution in [0.25, 0.3) is 11.3 Å². The van der Waals surface area contributed by atoms with Crippen LogP contribution in [-0.2, 0) is 0 Å². The highest BCUT2D eigenvalue weighted by Gasteiger charge is 2.15. The van der Waals surface area contributed by atoms with E-state index in [-0.39, 0.29) is 11.9 Å². The zero-order chi connectivity index (χ0) is 16.2. The summed E-state index contributed by atoms with van der Waals surface area (Å²) in [6.45, 7) is 1.94. The first-order chi connectivity index (χ1) is 11.1. The van der Waals surface area contributed by atoms with Gasteiger partial charge < -0.3 is 5.32 Å². The van der Waals surface area contributed by atoms with E-state index in [0.29, 0.717) is 16.4 Å². The molecule has 3 aromatic rings. The third kappa shape index (κ3) is 3.43. The zero-order valence-electron chi connectivity index (χ0n) is 12.6. The maximum Gasteiger partial charge on any atom is 0.269 e. The topological polar surface area (TPSA) is 57.8 Å². The number of carbonyl (C=O) groups excluding carboxylic acids is 1. The van der Waals surface area contributed by atoms with Gasteiger partial charge >= 0.3 is 0 Å². The normalized spacial score (nSPS) is 11.9. The van der Waals surface area contributed by atoms with Gasteiger partial charge in [0.2, 0.25) is 0 Å². The SMILES string of the molecule is CC(NC(=O)c1cc(-c2ccccc2Cl)n[nH]1)c1ccccc1. The number of carbonyl (C=O) groups is 1. The number of benzene rings is 2. The summed E-state index contributed by atoms with van der Waals surface area (Å²) in [4.78, 5) is 12.3. The molecule has 0 fully saturated rings. The number of H-pyrrole nitrogens is 1. The van der Waals surface area contributed by atoms with E-state index in [0.717, 1.165) is 11.1 Å². The van der Waals surface area contributed by atoms with E-state index < -0.39 is 0 Å². The lowest BCUT2D eigenvalue weighted by Crippen LogP contribution is -2.26. The summed E-state index contributed by atoms with van der Waals surface area (Å²) in [6.07, 6.45) is 0. The van der Waals surface area contributed by atoms with Crippen molar-refractivity contribution in [2.75, 3.05) is 0 Å². The second kappa shape index (κ2) is 6.67. The van der Waals surface area contributed by atoms with Crippen LogP contribution in [0.1, 0.15) is 29.0 Å². The minimum atomic E-state index is -0.202. The van der Waals surface area contributed by atoms with Crippen LogP contribution in [0.15, 0.2) is 60.7 Å². The van der Waals surface area contributed by atoms with E-state index in [9.17, 15) is 4.79 Å². The van der Waals surface area contributed by atoms with Crippen molar-refractivity contribution in [2.24, 2.45) is 0 Å². The molecule has 0 spiro atoms. The van der Waals surface area contributed by atoms with Gasteiger partial charge in [-0.1, -0.05) is 60.1 Å². The second-order valence-corrected chi connectivity index (χ2v) is 5.66. The number of hydrogen-bond donors (Lipinski definition) is 2. The summed E-state index contributed by atoms with van der Waals surface area (Å²) in [7, 11) is 0. The van der Waals surface area contributed by atoms with Crippen molar-refractivity contribution in [2.45, 2.75) is 13.0 Å². The van der Waals surface area contributed by atoms with Gasteiger partial charge in [-0.3, -0.25) is 9.89 Å². The van der Waals surface area contributed by atoms with Gasteiger partial charge in [0, 0.05) is 5.56 Å². The van der Waals surface area contributed by atoms with Crippen LogP contribution in [0.3, 0.4) is 0 Å². The summed E-state index contributed by atoms with van der Waals surface area (Å²) in [6, 6.07) is 18.8. The van der Waals surface area contributed by atoms with Crippen molar-refractivity contribution in [3.05, 3.63) is 76.9 Å². The van der Waals surface area contributed by atoms with Gasteiger partial charge in [0.05, 0.1) is 16.8 Å². The minimum absolute atomic E-state index is 0.0873. The standard InChI is InChI=1S/C18H16ClN3O/c1-12(13-7-3-2-4-8-13)20-18(23)17-11-16(21-22-17)14-9-5-6-10-15(14)19/h2-12H,1H3,(H,20,23)(H,21,22). The Kier molecular flexibility index (Phi) is 4.44. The van der Waals surface area contributed by atoms with Crippen LogP contribution in [0.2, 0.25) is 5.02 Å². The first kappa shape index (κ1) is 15.3. The molecule has 23 heavy (non-hydrogen) atoms. The highest BCUT2D eigenvalue weighted by Crippen LogP contribution is 2.26. The average Bonchev–Trinajstić information content (AvgIpc) is 3.06. The maximum atomic E-state index is 12.3. The third-order valence-electron chi connectivity index (χ3n) is 3.62. The molecule has 2 aromatic carbocycles. The Hall–Kier alpha value is -2.59. The number of nitrogens with zero attached hydrogens (tertiary/aromatic N) is 1. The van der Waals surface area contributed by atoms with Crippen molar-refractivity contribution in [1.82, 2.24) is 15.5 Å². The number of amides is 1. The summed E-state index contributed by atoms with van der Waals surface area (Å²) in [5.74, 6) is -0.202. The van der Waals surface area contributed by atoms with Crippen LogP contribution in [0.4, 0.5) is 0 Å².